The molecule has 0 radical (unpaired) electrons. The van der Waals surface area contributed by atoms with Crippen LogP contribution in [0.5, 0.6) is 0 Å². The molecule has 0 spiro atoms. The molecular weight excluding hydrogens is 214 g/mol. The van der Waals surface area contributed by atoms with Gasteiger partial charge in [0.15, 0.2) is 0 Å². The minimum atomic E-state index is 0.950. The summed E-state index contributed by atoms with van der Waals surface area (Å²) in [6, 6.07) is 0. The Morgan fingerprint density at radius 3 is 2.50 bits per heavy atom. The second-order valence-corrected chi connectivity index (χ2v) is 1.93. The first kappa shape index (κ1) is 7.30. The Bertz CT molecular complexity index is 19.5. The van der Waals surface area contributed by atoms with Gasteiger partial charge in [-0.2, -0.15) is 0 Å². The quantitative estimate of drug-likeness (QED) is 0.655. The van der Waals surface area contributed by atoms with Crippen LogP contribution in [-0.2, 0) is 1.12 Å². The molecule has 6 heavy (non-hydrogen) atoms. The fourth-order valence-corrected chi connectivity index (χ4v) is 0.581. The van der Waals surface area contributed by atoms with Crippen molar-refractivity contribution in [2.24, 2.45) is 0 Å². The van der Waals surface area contributed by atoms with Gasteiger partial charge in [-0.25, -0.2) is 0 Å². The van der Waals surface area contributed by atoms with Gasteiger partial charge in [-0.1, -0.05) is 0 Å². The Balaban J connectivity index is 2.34. The van der Waals surface area contributed by atoms with Crippen LogP contribution in [0.15, 0.2) is 0 Å². The third-order valence-corrected chi connectivity index (χ3v) is 1.12. The van der Waals surface area contributed by atoms with Crippen molar-refractivity contribution < 1.29 is 40.0 Å². The molecule has 0 amide bonds. The average Bonchev–Trinajstić information content (AvgIpc) is 1.61. The Kier molecular flexibility index (Phi) is 7.66. The molecule has 0 aliphatic heterocycles. The number of rotatable bonds is 3. The molecular formula is C4H9OSm. The summed E-state index contributed by atoms with van der Waals surface area (Å²) in [4.78, 5) is 0. The molecule has 0 rings (SSSR count). The Morgan fingerprint density at radius 2 is 2.33 bits per heavy atom. The van der Waals surface area contributed by atoms with Crippen molar-refractivity contribution >= 4 is 0 Å². The monoisotopic (exact) mass is 225 g/mol. The first-order valence-electron chi connectivity index (χ1n) is 2.16. The fraction of sp³-hybridized carbons (Fsp3) is 1.00. The van der Waals surface area contributed by atoms with E-state index < -0.39 is 0 Å². The van der Waals surface area contributed by atoms with Gasteiger partial charge in [0.2, 0.25) is 0 Å². The van der Waals surface area contributed by atoms with Crippen LogP contribution in [0.1, 0.15) is 19.8 Å². The zero-order chi connectivity index (χ0) is 4.83. The van der Waals surface area contributed by atoms with Crippen molar-refractivity contribution in [3.8, 4) is 0 Å². The molecule has 0 bridgehead atoms. The molecule has 0 aromatic rings. The van der Waals surface area contributed by atoms with Crippen molar-refractivity contribution in [2.75, 3.05) is 6.61 Å². The van der Waals surface area contributed by atoms with Crippen molar-refractivity contribution in [3.05, 3.63) is 0 Å². The van der Waals surface area contributed by atoms with Crippen LogP contribution in [-0.4, -0.2) is 6.61 Å². The maximum absolute atomic E-state index is 4.87. The molecule has 0 saturated carbocycles. The summed E-state index contributed by atoms with van der Waals surface area (Å²) in [5.74, 6) is 0. The van der Waals surface area contributed by atoms with Gasteiger partial charge in [-0.05, 0) is 0 Å². The topological polar surface area (TPSA) is 9.23 Å². The minimum absolute atomic E-state index is 0.950. The van der Waals surface area contributed by atoms with Crippen LogP contribution < -0.4 is 0 Å². The van der Waals surface area contributed by atoms with Crippen LogP contribution in [0.2, 0.25) is 0 Å². The predicted molar refractivity (Wildman–Crippen MR) is 20.9 cm³/mol. The van der Waals surface area contributed by atoms with Gasteiger partial charge in [0.25, 0.3) is 0 Å². The second-order valence-electron chi connectivity index (χ2n) is 1.18. The molecule has 0 fully saturated rings. The third-order valence-electron chi connectivity index (χ3n) is 0.581. The van der Waals surface area contributed by atoms with Gasteiger partial charge < -0.3 is 0 Å². The summed E-state index contributed by atoms with van der Waals surface area (Å²) in [5, 5.41) is 0. The molecule has 0 heterocycles. The van der Waals surface area contributed by atoms with E-state index in [-0.39, 0.29) is 0 Å². The molecule has 37 valence electrons. The average molecular weight is 223 g/mol. The number of unbranched alkanes of at least 4 members (excludes halogenated alkanes) is 1. The zero-order valence-corrected chi connectivity index (χ0v) is 6.56. The summed E-state index contributed by atoms with van der Waals surface area (Å²) in [6.45, 7) is 3.11. The van der Waals surface area contributed by atoms with Gasteiger partial charge in [0.05, 0.1) is 0 Å². The van der Waals surface area contributed by atoms with E-state index in [0.717, 1.165) is 6.61 Å². The van der Waals surface area contributed by atoms with E-state index in [0.29, 0.717) is 0 Å². The maximum atomic E-state index is 4.87. The molecule has 2 heteroatoms. The normalized spacial score (nSPS) is 8.83. The standard InChI is InChI=1S/C4H9O.Sm/c1-2-3-4-5;/h2-4H2,1H3;/q-1;+1. The summed E-state index contributed by atoms with van der Waals surface area (Å²) in [6.07, 6.45) is 2.46. The van der Waals surface area contributed by atoms with Crippen LogP contribution in [0.25, 0.3) is 0 Å². The first-order chi connectivity index (χ1) is 2.91. The van der Waals surface area contributed by atoms with E-state index in [1.54, 1.807) is 0 Å². The molecule has 0 saturated heterocycles. The SMILES string of the molecule is CCCC[O][Sm]. The fourth-order valence-electron chi connectivity index (χ4n) is 0.203. The van der Waals surface area contributed by atoms with E-state index in [1.807, 2.05) is 0 Å². The zero-order valence-electron chi connectivity index (χ0n) is 3.94. The molecule has 0 aromatic heterocycles. The Morgan fingerprint density at radius 1 is 1.67 bits per heavy atom. The van der Waals surface area contributed by atoms with Gasteiger partial charge in [0.1, 0.15) is 0 Å². The van der Waals surface area contributed by atoms with Gasteiger partial charge in [0, 0.05) is 0 Å². The van der Waals surface area contributed by atoms with E-state index in [2.05, 4.69) is 6.92 Å². The van der Waals surface area contributed by atoms with Gasteiger partial charge in [-0.15, -0.1) is 0 Å². The molecule has 0 atom stereocenters. The summed E-state index contributed by atoms with van der Waals surface area (Å²) >= 11 is 1.23. The molecule has 1 nitrogen and oxygen atoms in total. The van der Waals surface area contributed by atoms with Gasteiger partial charge >= 0.3 is 66.4 Å². The van der Waals surface area contributed by atoms with Gasteiger partial charge in [-0.3, -0.25) is 0 Å². The summed E-state index contributed by atoms with van der Waals surface area (Å²) in [5.41, 5.74) is 0. The molecule has 0 unspecified atom stereocenters. The second kappa shape index (κ2) is 6.30. The predicted octanol–water partition coefficient (Wildman–Crippen LogP) is 1.27. The van der Waals surface area contributed by atoms with Crippen LogP contribution in [0, 0.1) is 38.9 Å². The van der Waals surface area contributed by atoms with E-state index in [4.69, 9.17) is 1.12 Å². The number of hydrogen-bond donors (Lipinski definition) is 0. The summed E-state index contributed by atoms with van der Waals surface area (Å²) in [7, 11) is 0. The molecule has 0 aromatic carbocycles. The van der Waals surface area contributed by atoms with Crippen LogP contribution in [0.4, 0.5) is 0 Å². The van der Waals surface area contributed by atoms with Crippen molar-refractivity contribution in [1.82, 2.24) is 0 Å². The van der Waals surface area contributed by atoms with Crippen molar-refractivity contribution in [3.63, 3.8) is 0 Å². The van der Waals surface area contributed by atoms with E-state index in [9.17, 15) is 0 Å². The van der Waals surface area contributed by atoms with Crippen LogP contribution in [0.3, 0.4) is 0 Å². The molecule has 0 N–H and O–H groups in total. The Hall–Kier alpha value is 1.30. The van der Waals surface area contributed by atoms with E-state index in [1.165, 1.54) is 51.8 Å². The molecule has 0 aliphatic carbocycles. The number of hydrogen-bond acceptors (Lipinski definition) is 1. The van der Waals surface area contributed by atoms with Crippen molar-refractivity contribution in [2.45, 2.75) is 19.8 Å². The Labute approximate surface area is 65.8 Å². The molecule has 0 aliphatic rings. The third kappa shape index (κ3) is 5.30. The van der Waals surface area contributed by atoms with E-state index >= 15 is 0 Å². The van der Waals surface area contributed by atoms with Crippen LogP contribution >= 0.6 is 0 Å². The van der Waals surface area contributed by atoms with Crippen molar-refractivity contribution in [1.29, 1.82) is 0 Å². The first-order valence-corrected chi connectivity index (χ1v) is 3.23. The summed E-state index contributed by atoms with van der Waals surface area (Å²) < 4.78 is 4.87.